The van der Waals surface area contributed by atoms with Crippen molar-refractivity contribution in [1.82, 2.24) is 15.0 Å². The van der Waals surface area contributed by atoms with E-state index >= 15 is 0 Å². The lowest BCUT2D eigenvalue weighted by Crippen LogP contribution is -2.19. The summed E-state index contributed by atoms with van der Waals surface area (Å²) in [6.45, 7) is 0.267. The molecule has 0 aliphatic heterocycles. The molecule has 0 saturated heterocycles. The van der Waals surface area contributed by atoms with Crippen molar-refractivity contribution in [2.45, 2.75) is 30.4 Å². The van der Waals surface area contributed by atoms with Crippen LogP contribution < -0.4 is 4.74 Å². The van der Waals surface area contributed by atoms with Gasteiger partial charge in [-0.15, -0.1) is 0 Å². The van der Waals surface area contributed by atoms with E-state index < -0.39 is 23.1 Å². The number of fused-ring (bicyclic) bond motifs is 1. The van der Waals surface area contributed by atoms with Gasteiger partial charge in [-0.3, -0.25) is 4.98 Å². The Labute approximate surface area is 158 Å². The van der Waals surface area contributed by atoms with Crippen molar-refractivity contribution < 1.29 is 26.3 Å². The van der Waals surface area contributed by atoms with Gasteiger partial charge in [0, 0.05) is 23.9 Å². The molecule has 0 amide bonds. The highest BCUT2D eigenvalue weighted by Gasteiger charge is 2.29. The summed E-state index contributed by atoms with van der Waals surface area (Å²) in [5.74, 6) is 0.456. The maximum absolute atomic E-state index is 12.3. The predicted molar refractivity (Wildman–Crippen MR) is 95.4 cm³/mol. The molecule has 1 aliphatic rings. The van der Waals surface area contributed by atoms with E-state index in [4.69, 9.17) is 4.74 Å². The van der Waals surface area contributed by atoms with Crippen LogP contribution in [0.2, 0.25) is 0 Å². The molecule has 6 nitrogen and oxygen atoms in total. The number of halogens is 3. The maximum Gasteiger partial charge on any atom is 0.422 e. The Hall–Kier alpha value is -2.27. The molecular formula is C16H14F3N3O3S2. The number of alkyl halides is 3. The number of nitrogens with one attached hydrogen (secondary N) is 1. The Bertz CT molecular complexity index is 1020. The second-order valence-corrected chi connectivity index (χ2v) is 7.57. The molecule has 3 rings (SSSR count). The number of thioether (sulfide) groups is 1. The van der Waals surface area contributed by atoms with Gasteiger partial charge >= 0.3 is 6.18 Å². The summed E-state index contributed by atoms with van der Waals surface area (Å²) < 4.78 is 64.4. The highest BCUT2D eigenvalue weighted by Crippen LogP contribution is 2.28. The first kappa shape index (κ1) is 19.5. The largest absolute Gasteiger partial charge is 0.484 e. The molecule has 0 bridgehead atoms. The van der Waals surface area contributed by atoms with Gasteiger partial charge in [-0.25, -0.2) is 4.98 Å². The van der Waals surface area contributed by atoms with E-state index in [0.717, 1.165) is 0 Å². The van der Waals surface area contributed by atoms with Gasteiger partial charge in [-0.05, 0) is 19.1 Å². The standard InChI is InChI=1S/C16H14F3N3O3S2/c1-9-11(20-6-5-12(9)25-8-16(17,18)19)7-26-15-21-10-3-2-4-13(27(23)24)14(10)22-15/h2-3,5-6H,4,7-8H2,1H3,(H,21,22). The average Bonchev–Trinajstić information content (AvgIpc) is 3.01. The van der Waals surface area contributed by atoms with Crippen molar-refractivity contribution in [3.63, 3.8) is 0 Å². The number of ether oxygens (including phenoxy) is 1. The van der Waals surface area contributed by atoms with Crippen LogP contribution in [-0.4, -0.2) is 41.0 Å². The summed E-state index contributed by atoms with van der Waals surface area (Å²) in [5.41, 5.74) is 2.06. The van der Waals surface area contributed by atoms with Crippen LogP contribution in [0.15, 0.2) is 23.5 Å². The zero-order valence-electron chi connectivity index (χ0n) is 14.0. The summed E-state index contributed by atoms with van der Waals surface area (Å²) in [5, 5.41) is 0.498. The number of aromatic amines is 1. The van der Waals surface area contributed by atoms with Gasteiger partial charge in [0.1, 0.15) is 16.3 Å². The first-order valence-electron chi connectivity index (χ1n) is 7.73. The summed E-state index contributed by atoms with van der Waals surface area (Å²) in [4.78, 5) is 11.7. The van der Waals surface area contributed by atoms with Crippen LogP contribution in [0.4, 0.5) is 13.2 Å². The van der Waals surface area contributed by atoms with Gasteiger partial charge in [0.15, 0.2) is 11.8 Å². The minimum Gasteiger partial charge on any atom is -0.484 e. The number of nitrogens with zero attached hydrogens (tertiary/aromatic N) is 2. The van der Waals surface area contributed by atoms with E-state index in [0.29, 0.717) is 33.6 Å². The van der Waals surface area contributed by atoms with Crippen molar-refractivity contribution in [3.8, 4) is 5.75 Å². The molecule has 27 heavy (non-hydrogen) atoms. The Balaban J connectivity index is 1.75. The molecule has 0 unspecified atom stereocenters. The van der Waals surface area contributed by atoms with Gasteiger partial charge in [0.2, 0.25) is 10.3 Å². The zero-order valence-corrected chi connectivity index (χ0v) is 15.6. The maximum atomic E-state index is 12.3. The third-order valence-electron chi connectivity index (χ3n) is 3.76. The number of imidazole rings is 1. The van der Waals surface area contributed by atoms with Crippen LogP contribution in [0.25, 0.3) is 6.08 Å². The van der Waals surface area contributed by atoms with Gasteiger partial charge in [0.25, 0.3) is 0 Å². The molecule has 0 saturated carbocycles. The Morgan fingerprint density at radius 3 is 2.85 bits per heavy atom. The van der Waals surface area contributed by atoms with Gasteiger partial charge in [0.05, 0.1) is 11.4 Å². The van der Waals surface area contributed by atoms with E-state index in [1.165, 1.54) is 24.0 Å². The normalized spacial score (nSPS) is 13.6. The fourth-order valence-corrected chi connectivity index (χ4v) is 3.90. The zero-order chi connectivity index (χ0) is 19.6. The quantitative estimate of drug-likeness (QED) is 0.594. The number of rotatable bonds is 5. The highest BCUT2D eigenvalue weighted by atomic mass is 32.2. The SMILES string of the molecule is Cc1c(OCC(F)(F)F)ccnc1CSc1nc2c([nH]1)C=CCC2=S(=O)=O. The minimum atomic E-state index is -4.42. The fraction of sp³-hybridized carbons (Fsp3) is 0.312. The predicted octanol–water partition coefficient (Wildman–Crippen LogP) is 3.16. The Morgan fingerprint density at radius 1 is 1.37 bits per heavy atom. The second kappa shape index (κ2) is 7.77. The molecule has 1 aliphatic carbocycles. The molecule has 0 aromatic carbocycles. The Kier molecular flexibility index (Phi) is 5.61. The molecular weight excluding hydrogens is 403 g/mol. The number of allylic oxidation sites excluding steroid dienone is 1. The minimum absolute atomic E-state index is 0.122. The molecule has 1 N–H and O–H groups in total. The molecule has 11 heteroatoms. The Morgan fingerprint density at radius 2 is 2.15 bits per heavy atom. The molecule has 0 fully saturated rings. The number of hydrogen-bond acceptors (Lipinski definition) is 6. The van der Waals surface area contributed by atoms with Crippen molar-refractivity contribution in [1.29, 1.82) is 0 Å². The monoisotopic (exact) mass is 417 g/mol. The molecule has 144 valence electrons. The van der Waals surface area contributed by atoms with Gasteiger partial charge < -0.3 is 9.72 Å². The number of aromatic nitrogens is 3. The lowest BCUT2D eigenvalue weighted by Gasteiger charge is -2.13. The van der Waals surface area contributed by atoms with Crippen LogP contribution in [0, 0.1) is 6.92 Å². The number of H-pyrrole nitrogens is 1. The smallest absolute Gasteiger partial charge is 0.422 e. The first-order chi connectivity index (χ1) is 12.7. The second-order valence-electron chi connectivity index (χ2n) is 5.64. The third-order valence-corrected chi connectivity index (χ3v) is 5.41. The van der Waals surface area contributed by atoms with Crippen LogP contribution in [-0.2, 0) is 16.0 Å². The molecule has 2 aromatic heterocycles. The third kappa shape index (κ3) is 4.72. The van der Waals surface area contributed by atoms with Crippen LogP contribution in [0.3, 0.4) is 0 Å². The topological polar surface area (TPSA) is 84.9 Å². The summed E-state index contributed by atoms with van der Waals surface area (Å²) in [7, 11) is -2.35. The van der Waals surface area contributed by atoms with E-state index in [1.54, 1.807) is 19.1 Å². The van der Waals surface area contributed by atoms with Crippen molar-refractivity contribution in [2.75, 3.05) is 6.61 Å². The number of pyridine rings is 1. The van der Waals surface area contributed by atoms with Crippen molar-refractivity contribution >= 4 is 33.0 Å². The van der Waals surface area contributed by atoms with E-state index in [9.17, 15) is 21.6 Å². The average molecular weight is 417 g/mol. The summed E-state index contributed by atoms with van der Waals surface area (Å²) >= 11 is 1.27. The molecule has 2 aromatic rings. The summed E-state index contributed by atoms with van der Waals surface area (Å²) in [6.07, 6.45) is 0.751. The molecule has 2 heterocycles. The van der Waals surface area contributed by atoms with Gasteiger partial charge in [-0.1, -0.05) is 17.8 Å². The lowest BCUT2D eigenvalue weighted by atomic mass is 10.1. The highest BCUT2D eigenvalue weighted by molar-refractivity contribution is 7.98. The summed E-state index contributed by atoms with van der Waals surface area (Å²) in [6, 6.07) is 1.39. The lowest BCUT2D eigenvalue weighted by molar-refractivity contribution is -0.153. The van der Waals surface area contributed by atoms with E-state index in [1.807, 2.05) is 0 Å². The molecule has 0 atom stereocenters. The van der Waals surface area contributed by atoms with E-state index in [-0.39, 0.29) is 17.0 Å². The van der Waals surface area contributed by atoms with Gasteiger partial charge in [-0.2, -0.15) is 21.6 Å². The van der Waals surface area contributed by atoms with E-state index in [2.05, 4.69) is 15.0 Å². The van der Waals surface area contributed by atoms with Crippen molar-refractivity contribution in [3.05, 3.63) is 41.0 Å². The molecule has 0 spiro atoms. The first-order valence-corrected chi connectivity index (χ1v) is 9.79. The molecule has 0 radical (unpaired) electrons. The fourth-order valence-electron chi connectivity index (χ4n) is 2.45. The number of hydrogen-bond donors (Lipinski definition) is 1. The van der Waals surface area contributed by atoms with Crippen LogP contribution >= 0.6 is 11.8 Å². The van der Waals surface area contributed by atoms with Crippen LogP contribution in [0.5, 0.6) is 5.75 Å². The van der Waals surface area contributed by atoms with Crippen LogP contribution in [0.1, 0.15) is 29.1 Å². The van der Waals surface area contributed by atoms with Crippen molar-refractivity contribution in [2.24, 2.45) is 0 Å².